The molecule has 6 nitrogen and oxygen atoms in total. The summed E-state index contributed by atoms with van der Waals surface area (Å²) in [7, 11) is -0.605. The van der Waals surface area contributed by atoms with Crippen molar-refractivity contribution < 1.29 is 13.2 Å². The highest BCUT2D eigenvalue weighted by Crippen LogP contribution is 2.16. The van der Waals surface area contributed by atoms with E-state index in [-0.39, 0.29) is 16.5 Å². The average Bonchev–Trinajstić information content (AvgIpc) is 2.90. The van der Waals surface area contributed by atoms with Crippen LogP contribution in [-0.2, 0) is 23.5 Å². The molecule has 1 heterocycles. The van der Waals surface area contributed by atoms with Crippen molar-refractivity contribution in [2.75, 3.05) is 12.4 Å². The number of benzene rings is 1. The Morgan fingerprint density at radius 3 is 2.64 bits per heavy atom. The summed E-state index contributed by atoms with van der Waals surface area (Å²) < 4.78 is 27.3. The summed E-state index contributed by atoms with van der Waals surface area (Å²) in [6.07, 6.45) is 2.28. The molecule has 1 aromatic carbocycles. The predicted molar refractivity (Wildman–Crippen MR) is 85.4 cm³/mol. The van der Waals surface area contributed by atoms with E-state index in [0.717, 1.165) is 12.0 Å². The SMILES string of the molecule is CCc1cccc(NC(=O)c2cc(S(=O)(=O)NC)cn2C)c1. The first-order chi connectivity index (χ1) is 10.4. The van der Waals surface area contributed by atoms with Crippen molar-refractivity contribution in [3.05, 3.63) is 47.8 Å². The Balaban J connectivity index is 2.26. The predicted octanol–water partition coefficient (Wildman–Crippen LogP) is 1.75. The molecule has 0 aliphatic heterocycles. The summed E-state index contributed by atoms with van der Waals surface area (Å²) in [5.74, 6) is -0.353. The molecule has 1 aromatic heterocycles. The van der Waals surface area contributed by atoms with Crippen molar-refractivity contribution in [3.63, 3.8) is 0 Å². The van der Waals surface area contributed by atoms with Gasteiger partial charge in [0.25, 0.3) is 5.91 Å². The van der Waals surface area contributed by atoms with Gasteiger partial charge in [0.2, 0.25) is 10.0 Å². The van der Waals surface area contributed by atoms with Gasteiger partial charge in [0.15, 0.2) is 0 Å². The minimum atomic E-state index is -3.57. The molecule has 0 fully saturated rings. The molecule has 0 aliphatic carbocycles. The van der Waals surface area contributed by atoms with Gasteiger partial charge in [0.05, 0.1) is 0 Å². The first-order valence-corrected chi connectivity index (χ1v) is 8.36. The van der Waals surface area contributed by atoms with E-state index in [2.05, 4.69) is 10.0 Å². The number of aryl methyl sites for hydroxylation is 2. The number of hydrogen-bond acceptors (Lipinski definition) is 3. The third-order valence-corrected chi connectivity index (χ3v) is 4.77. The summed E-state index contributed by atoms with van der Waals surface area (Å²) in [5, 5.41) is 2.78. The molecular weight excluding hydrogens is 302 g/mol. The highest BCUT2D eigenvalue weighted by molar-refractivity contribution is 7.89. The van der Waals surface area contributed by atoms with Crippen LogP contribution in [0.25, 0.3) is 0 Å². The number of amides is 1. The number of rotatable bonds is 5. The standard InChI is InChI=1S/C15H19N3O3S/c1-4-11-6-5-7-12(8-11)17-15(19)14-9-13(10-18(14)3)22(20,21)16-2/h5-10,16H,4H2,1-3H3,(H,17,19). The summed E-state index contributed by atoms with van der Waals surface area (Å²) in [6.45, 7) is 2.03. The molecule has 0 saturated heterocycles. The van der Waals surface area contributed by atoms with E-state index in [0.29, 0.717) is 5.69 Å². The van der Waals surface area contributed by atoms with Crippen molar-refractivity contribution in [2.45, 2.75) is 18.2 Å². The van der Waals surface area contributed by atoms with E-state index in [4.69, 9.17) is 0 Å². The Labute approximate surface area is 130 Å². The van der Waals surface area contributed by atoms with Gasteiger partial charge in [-0.25, -0.2) is 13.1 Å². The maximum Gasteiger partial charge on any atom is 0.272 e. The lowest BCUT2D eigenvalue weighted by atomic mass is 10.1. The smallest absolute Gasteiger partial charge is 0.272 e. The second-order valence-corrected chi connectivity index (χ2v) is 6.77. The van der Waals surface area contributed by atoms with Crippen molar-refractivity contribution in [2.24, 2.45) is 7.05 Å². The number of aromatic nitrogens is 1. The number of carbonyl (C=O) groups excluding carboxylic acids is 1. The second kappa shape index (κ2) is 6.33. The molecular formula is C15H19N3O3S. The fraction of sp³-hybridized carbons (Fsp3) is 0.267. The molecule has 118 valence electrons. The molecule has 0 bridgehead atoms. The van der Waals surface area contributed by atoms with Gasteiger partial charge < -0.3 is 9.88 Å². The zero-order valence-electron chi connectivity index (χ0n) is 12.8. The molecule has 2 aromatic rings. The van der Waals surface area contributed by atoms with E-state index in [1.807, 2.05) is 25.1 Å². The lowest BCUT2D eigenvalue weighted by Crippen LogP contribution is -2.18. The van der Waals surface area contributed by atoms with Gasteiger partial charge in [0.1, 0.15) is 10.6 Å². The van der Waals surface area contributed by atoms with Gasteiger partial charge in [-0.1, -0.05) is 19.1 Å². The van der Waals surface area contributed by atoms with Gasteiger partial charge in [0, 0.05) is 18.9 Å². The van der Waals surface area contributed by atoms with E-state index in [1.54, 1.807) is 13.1 Å². The molecule has 0 radical (unpaired) electrons. The lowest BCUT2D eigenvalue weighted by molar-refractivity contribution is 0.101. The van der Waals surface area contributed by atoms with Gasteiger partial charge in [-0.2, -0.15) is 0 Å². The Hall–Kier alpha value is -2.12. The number of carbonyl (C=O) groups is 1. The quantitative estimate of drug-likeness (QED) is 0.880. The third-order valence-electron chi connectivity index (χ3n) is 3.38. The zero-order valence-corrected chi connectivity index (χ0v) is 13.6. The van der Waals surface area contributed by atoms with Crippen molar-refractivity contribution in [1.82, 2.24) is 9.29 Å². The topological polar surface area (TPSA) is 80.2 Å². The van der Waals surface area contributed by atoms with Crippen molar-refractivity contribution in [3.8, 4) is 0 Å². The molecule has 22 heavy (non-hydrogen) atoms. The van der Waals surface area contributed by atoms with E-state index in [1.165, 1.54) is 23.9 Å². The van der Waals surface area contributed by atoms with Gasteiger partial charge in [-0.05, 0) is 37.2 Å². The number of nitrogens with zero attached hydrogens (tertiary/aromatic N) is 1. The van der Waals surface area contributed by atoms with Crippen LogP contribution in [0.2, 0.25) is 0 Å². The Bertz CT molecular complexity index is 794. The van der Waals surface area contributed by atoms with E-state index in [9.17, 15) is 13.2 Å². The zero-order chi connectivity index (χ0) is 16.3. The average molecular weight is 321 g/mol. The highest BCUT2D eigenvalue weighted by atomic mass is 32.2. The Kier molecular flexibility index (Phi) is 4.68. The molecule has 0 aliphatic rings. The van der Waals surface area contributed by atoms with Crippen molar-refractivity contribution in [1.29, 1.82) is 0 Å². The number of hydrogen-bond donors (Lipinski definition) is 2. The van der Waals surface area contributed by atoms with Crippen LogP contribution in [0.15, 0.2) is 41.4 Å². The summed E-state index contributed by atoms with van der Waals surface area (Å²) in [6, 6.07) is 8.90. The van der Waals surface area contributed by atoms with Crippen LogP contribution in [0.5, 0.6) is 0 Å². The van der Waals surface area contributed by atoms with Gasteiger partial charge in [-0.3, -0.25) is 4.79 Å². The van der Waals surface area contributed by atoms with Crippen LogP contribution in [0.3, 0.4) is 0 Å². The van der Waals surface area contributed by atoms with Crippen LogP contribution in [-0.4, -0.2) is 25.9 Å². The largest absolute Gasteiger partial charge is 0.345 e. The molecule has 0 spiro atoms. The van der Waals surface area contributed by atoms with Gasteiger partial charge in [-0.15, -0.1) is 0 Å². The lowest BCUT2D eigenvalue weighted by Gasteiger charge is -2.07. The van der Waals surface area contributed by atoms with Gasteiger partial charge >= 0.3 is 0 Å². The van der Waals surface area contributed by atoms with Crippen LogP contribution in [0.4, 0.5) is 5.69 Å². The second-order valence-electron chi connectivity index (χ2n) is 4.89. The van der Waals surface area contributed by atoms with E-state index < -0.39 is 10.0 Å². The van der Waals surface area contributed by atoms with Crippen LogP contribution < -0.4 is 10.0 Å². The Morgan fingerprint density at radius 2 is 2.00 bits per heavy atom. The maximum atomic E-state index is 12.3. The normalized spacial score (nSPS) is 11.4. The molecule has 0 unspecified atom stereocenters. The fourth-order valence-corrected chi connectivity index (χ4v) is 2.89. The molecule has 0 atom stereocenters. The van der Waals surface area contributed by atoms with Crippen LogP contribution >= 0.6 is 0 Å². The molecule has 0 saturated carbocycles. The number of anilines is 1. The molecule has 1 amide bonds. The van der Waals surface area contributed by atoms with E-state index >= 15 is 0 Å². The Morgan fingerprint density at radius 1 is 1.27 bits per heavy atom. The monoisotopic (exact) mass is 321 g/mol. The number of sulfonamides is 1. The molecule has 2 rings (SSSR count). The minimum absolute atomic E-state index is 0.0601. The third kappa shape index (κ3) is 3.37. The first-order valence-electron chi connectivity index (χ1n) is 6.87. The minimum Gasteiger partial charge on any atom is -0.345 e. The number of nitrogens with one attached hydrogen (secondary N) is 2. The summed E-state index contributed by atoms with van der Waals surface area (Å²) in [4.78, 5) is 12.4. The molecule has 7 heteroatoms. The van der Waals surface area contributed by atoms with Crippen molar-refractivity contribution >= 4 is 21.6 Å². The summed E-state index contributed by atoms with van der Waals surface area (Å²) in [5.41, 5.74) is 2.07. The summed E-state index contributed by atoms with van der Waals surface area (Å²) >= 11 is 0. The highest BCUT2D eigenvalue weighted by Gasteiger charge is 2.19. The first kappa shape index (κ1) is 16.3. The molecule has 2 N–H and O–H groups in total. The maximum absolute atomic E-state index is 12.3. The van der Waals surface area contributed by atoms with Crippen LogP contribution in [0, 0.1) is 0 Å². The fourth-order valence-electron chi connectivity index (χ4n) is 2.09. The van der Waals surface area contributed by atoms with Crippen LogP contribution in [0.1, 0.15) is 23.0 Å².